The third-order valence-corrected chi connectivity index (χ3v) is 2.71. The first-order valence-electron chi connectivity index (χ1n) is 5.83. The van der Waals surface area contributed by atoms with Gasteiger partial charge in [-0.2, -0.15) is 0 Å². The van der Waals surface area contributed by atoms with Gasteiger partial charge in [-0.1, -0.05) is 30.3 Å². The third-order valence-electron chi connectivity index (χ3n) is 2.71. The molecular weight excluding hydrogens is 228 g/mol. The second-order valence-corrected chi connectivity index (χ2v) is 4.08. The molecule has 0 bridgehead atoms. The quantitative estimate of drug-likeness (QED) is 0.864. The average molecular weight is 244 g/mol. The molecule has 1 aromatic heterocycles. The van der Waals surface area contributed by atoms with Crippen LogP contribution in [0.25, 0.3) is 0 Å². The summed E-state index contributed by atoms with van der Waals surface area (Å²) in [6, 6.07) is 12.8. The molecule has 1 aromatic carbocycles. The van der Waals surface area contributed by atoms with Crippen LogP contribution in [0.2, 0.25) is 0 Å². The molecule has 0 saturated carbocycles. The SMILES string of the molecule is Cc1ccc(C(=O)NC(CN)c2ccccc2)o1. The topological polar surface area (TPSA) is 68.3 Å². The van der Waals surface area contributed by atoms with Gasteiger partial charge in [-0.3, -0.25) is 4.79 Å². The Hall–Kier alpha value is -2.07. The van der Waals surface area contributed by atoms with E-state index in [9.17, 15) is 4.79 Å². The summed E-state index contributed by atoms with van der Waals surface area (Å²) in [6.45, 7) is 2.14. The summed E-state index contributed by atoms with van der Waals surface area (Å²) in [5, 5.41) is 2.85. The van der Waals surface area contributed by atoms with E-state index in [0.29, 0.717) is 18.1 Å². The average Bonchev–Trinajstić information content (AvgIpc) is 2.83. The maximum atomic E-state index is 11.9. The molecule has 1 heterocycles. The van der Waals surface area contributed by atoms with E-state index >= 15 is 0 Å². The predicted octanol–water partition coefficient (Wildman–Crippen LogP) is 2.02. The van der Waals surface area contributed by atoms with Gasteiger partial charge in [0.2, 0.25) is 0 Å². The van der Waals surface area contributed by atoms with E-state index in [0.717, 1.165) is 5.56 Å². The Balaban J connectivity index is 2.10. The maximum Gasteiger partial charge on any atom is 0.287 e. The van der Waals surface area contributed by atoms with Crippen molar-refractivity contribution in [3.8, 4) is 0 Å². The van der Waals surface area contributed by atoms with Crippen LogP contribution in [0.3, 0.4) is 0 Å². The normalized spacial score (nSPS) is 12.1. The first-order valence-corrected chi connectivity index (χ1v) is 5.83. The Morgan fingerprint density at radius 2 is 2.00 bits per heavy atom. The Kier molecular flexibility index (Phi) is 3.79. The minimum absolute atomic E-state index is 0.205. The Labute approximate surface area is 106 Å². The minimum atomic E-state index is -0.248. The number of amides is 1. The zero-order chi connectivity index (χ0) is 13.0. The monoisotopic (exact) mass is 244 g/mol. The van der Waals surface area contributed by atoms with E-state index in [1.54, 1.807) is 19.1 Å². The van der Waals surface area contributed by atoms with E-state index < -0.39 is 0 Å². The minimum Gasteiger partial charge on any atom is -0.456 e. The fourth-order valence-electron chi connectivity index (χ4n) is 1.75. The van der Waals surface area contributed by atoms with Crippen LogP contribution in [0.1, 0.15) is 27.9 Å². The molecule has 4 heteroatoms. The number of rotatable bonds is 4. The highest BCUT2D eigenvalue weighted by atomic mass is 16.3. The summed E-state index contributed by atoms with van der Waals surface area (Å²) in [5.74, 6) is 0.772. The molecule has 94 valence electrons. The van der Waals surface area contributed by atoms with Gasteiger partial charge in [-0.15, -0.1) is 0 Å². The van der Waals surface area contributed by atoms with Crippen molar-refractivity contribution in [2.75, 3.05) is 6.54 Å². The van der Waals surface area contributed by atoms with Crippen LogP contribution in [0.15, 0.2) is 46.9 Å². The number of aryl methyl sites for hydroxylation is 1. The van der Waals surface area contributed by atoms with Crippen LogP contribution in [0, 0.1) is 6.92 Å². The van der Waals surface area contributed by atoms with Crippen LogP contribution in [0.4, 0.5) is 0 Å². The standard InChI is InChI=1S/C14H16N2O2/c1-10-7-8-13(18-10)14(17)16-12(9-15)11-5-3-2-4-6-11/h2-8,12H,9,15H2,1H3,(H,16,17). The zero-order valence-corrected chi connectivity index (χ0v) is 10.2. The Morgan fingerprint density at radius 3 is 2.56 bits per heavy atom. The van der Waals surface area contributed by atoms with Gasteiger partial charge in [0.15, 0.2) is 5.76 Å². The number of carbonyl (C=O) groups is 1. The molecule has 1 amide bonds. The van der Waals surface area contributed by atoms with Crippen molar-refractivity contribution in [3.63, 3.8) is 0 Å². The highest BCUT2D eigenvalue weighted by Crippen LogP contribution is 2.13. The van der Waals surface area contributed by atoms with Crippen LogP contribution in [-0.2, 0) is 0 Å². The lowest BCUT2D eigenvalue weighted by atomic mass is 10.1. The molecule has 0 spiro atoms. The molecule has 2 rings (SSSR count). The van der Waals surface area contributed by atoms with Crippen molar-refractivity contribution < 1.29 is 9.21 Å². The smallest absolute Gasteiger partial charge is 0.287 e. The van der Waals surface area contributed by atoms with Crippen LogP contribution in [0.5, 0.6) is 0 Å². The second-order valence-electron chi connectivity index (χ2n) is 4.08. The Morgan fingerprint density at radius 1 is 1.28 bits per heavy atom. The van der Waals surface area contributed by atoms with Gasteiger partial charge >= 0.3 is 0 Å². The van der Waals surface area contributed by atoms with Crippen LogP contribution < -0.4 is 11.1 Å². The maximum absolute atomic E-state index is 11.9. The van der Waals surface area contributed by atoms with Crippen molar-refractivity contribution in [2.45, 2.75) is 13.0 Å². The number of hydrogen-bond donors (Lipinski definition) is 2. The largest absolute Gasteiger partial charge is 0.456 e. The first kappa shape index (κ1) is 12.4. The van der Waals surface area contributed by atoms with Gasteiger partial charge in [0.1, 0.15) is 5.76 Å². The summed E-state index contributed by atoms with van der Waals surface area (Å²) < 4.78 is 5.27. The fraction of sp³-hybridized carbons (Fsp3) is 0.214. The lowest BCUT2D eigenvalue weighted by Crippen LogP contribution is -2.33. The molecule has 0 aliphatic heterocycles. The number of furan rings is 1. The molecule has 0 aliphatic carbocycles. The van der Waals surface area contributed by atoms with E-state index in [4.69, 9.17) is 10.2 Å². The second kappa shape index (κ2) is 5.51. The van der Waals surface area contributed by atoms with Crippen molar-refractivity contribution in [2.24, 2.45) is 5.73 Å². The van der Waals surface area contributed by atoms with E-state index in [-0.39, 0.29) is 11.9 Å². The molecule has 1 atom stereocenters. The number of carbonyl (C=O) groups excluding carboxylic acids is 1. The molecule has 0 radical (unpaired) electrons. The fourth-order valence-corrected chi connectivity index (χ4v) is 1.75. The van der Waals surface area contributed by atoms with Crippen LogP contribution >= 0.6 is 0 Å². The van der Waals surface area contributed by atoms with Crippen LogP contribution in [-0.4, -0.2) is 12.5 Å². The number of hydrogen-bond acceptors (Lipinski definition) is 3. The summed E-state index contributed by atoms with van der Waals surface area (Å²) in [5.41, 5.74) is 6.67. The van der Waals surface area contributed by atoms with Gasteiger partial charge in [-0.05, 0) is 24.6 Å². The van der Waals surface area contributed by atoms with Gasteiger partial charge < -0.3 is 15.5 Å². The molecule has 4 nitrogen and oxygen atoms in total. The summed E-state index contributed by atoms with van der Waals surface area (Å²) in [7, 11) is 0. The van der Waals surface area contributed by atoms with Crippen molar-refractivity contribution in [3.05, 3.63) is 59.5 Å². The summed E-state index contributed by atoms with van der Waals surface area (Å²) >= 11 is 0. The number of benzene rings is 1. The van der Waals surface area contributed by atoms with E-state index in [2.05, 4.69) is 5.32 Å². The van der Waals surface area contributed by atoms with Crippen molar-refractivity contribution in [1.29, 1.82) is 0 Å². The molecule has 0 aliphatic rings. The molecule has 3 N–H and O–H groups in total. The van der Waals surface area contributed by atoms with Gasteiger partial charge in [0, 0.05) is 6.54 Å². The molecular formula is C14H16N2O2. The van der Waals surface area contributed by atoms with Gasteiger partial charge in [0.05, 0.1) is 6.04 Å². The molecule has 2 aromatic rings. The Bertz CT molecular complexity index is 520. The highest BCUT2D eigenvalue weighted by molar-refractivity contribution is 5.91. The number of nitrogens with one attached hydrogen (secondary N) is 1. The lowest BCUT2D eigenvalue weighted by molar-refractivity contribution is 0.0908. The van der Waals surface area contributed by atoms with E-state index in [1.165, 1.54) is 0 Å². The van der Waals surface area contributed by atoms with Crippen molar-refractivity contribution in [1.82, 2.24) is 5.32 Å². The highest BCUT2D eigenvalue weighted by Gasteiger charge is 2.16. The molecule has 0 fully saturated rings. The predicted molar refractivity (Wildman–Crippen MR) is 69.1 cm³/mol. The van der Waals surface area contributed by atoms with Gasteiger partial charge in [0.25, 0.3) is 5.91 Å². The molecule has 0 saturated heterocycles. The third kappa shape index (κ3) is 2.78. The zero-order valence-electron chi connectivity index (χ0n) is 10.2. The van der Waals surface area contributed by atoms with Gasteiger partial charge in [-0.25, -0.2) is 0 Å². The first-order chi connectivity index (χ1) is 8.70. The molecule has 1 unspecified atom stereocenters. The van der Waals surface area contributed by atoms with E-state index in [1.807, 2.05) is 30.3 Å². The number of nitrogens with two attached hydrogens (primary N) is 1. The summed E-state index contributed by atoms with van der Waals surface area (Å²) in [4.78, 5) is 11.9. The summed E-state index contributed by atoms with van der Waals surface area (Å²) in [6.07, 6.45) is 0. The molecule has 18 heavy (non-hydrogen) atoms. The van der Waals surface area contributed by atoms with Crippen molar-refractivity contribution >= 4 is 5.91 Å². The lowest BCUT2D eigenvalue weighted by Gasteiger charge is -2.16.